The van der Waals surface area contributed by atoms with Crippen LogP contribution in [0, 0.1) is 17.8 Å². The van der Waals surface area contributed by atoms with E-state index in [1.54, 1.807) is 0 Å². The van der Waals surface area contributed by atoms with Gasteiger partial charge in [0.15, 0.2) is 0 Å². The predicted molar refractivity (Wildman–Crippen MR) is 76.4 cm³/mol. The van der Waals surface area contributed by atoms with Crippen molar-refractivity contribution in [3.63, 3.8) is 0 Å². The van der Waals surface area contributed by atoms with Crippen LogP contribution in [0.4, 0.5) is 5.95 Å². The highest BCUT2D eigenvalue weighted by atomic mass is 15.0. The van der Waals surface area contributed by atoms with Gasteiger partial charge in [-0.3, -0.25) is 0 Å². The second kappa shape index (κ2) is 3.81. The fraction of sp³-hybridized carbons (Fsp3) is 0.625. The van der Waals surface area contributed by atoms with Crippen LogP contribution in [-0.4, -0.2) is 9.97 Å². The van der Waals surface area contributed by atoms with Crippen molar-refractivity contribution in [2.75, 3.05) is 5.73 Å². The molecule has 4 aliphatic rings. The Morgan fingerprint density at radius 2 is 1.74 bits per heavy atom. The topological polar surface area (TPSA) is 51.8 Å². The molecule has 4 bridgehead atoms. The minimum absolute atomic E-state index is 0.273. The van der Waals surface area contributed by atoms with E-state index in [0.717, 1.165) is 23.3 Å². The van der Waals surface area contributed by atoms with Crippen LogP contribution in [-0.2, 0) is 5.41 Å². The number of hydrogen-bond donors (Lipinski definition) is 1. The number of rotatable bonds is 2. The molecule has 1 heterocycles. The lowest BCUT2D eigenvalue weighted by Crippen LogP contribution is -2.49. The van der Waals surface area contributed by atoms with Gasteiger partial charge in [-0.15, -0.1) is 0 Å². The van der Waals surface area contributed by atoms with E-state index in [1.165, 1.54) is 44.2 Å². The van der Waals surface area contributed by atoms with Gasteiger partial charge in [0.2, 0.25) is 5.95 Å². The Labute approximate surface area is 114 Å². The summed E-state index contributed by atoms with van der Waals surface area (Å²) in [6, 6.07) is 0. The molecule has 1 aromatic heterocycles. The number of anilines is 1. The molecule has 3 heteroatoms. The van der Waals surface area contributed by atoms with Crippen LogP contribution < -0.4 is 5.73 Å². The van der Waals surface area contributed by atoms with E-state index in [4.69, 9.17) is 5.73 Å². The Morgan fingerprint density at radius 1 is 1.16 bits per heavy atom. The lowest BCUT2D eigenvalue weighted by atomic mass is 9.48. The van der Waals surface area contributed by atoms with E-state index in [2.05, 4.69) is 16.5 Å². The molecule has 4 saturated carbocycles. The van der Waals surface area contributed by atoms with Crippen LogP contribution in [0.3, 0.4) is 0 Å². The van der Waals surface area contributed by atoms with Crippen LogP contribution in [0.1, 0.15) is 49.8 Å². The molecule has 2 N–H and O–H groups in total. The Hall–Kier alpha value is -1.38. The van der Waals surface area contributed by atoms with Crippen molar-refractivity contribution in [2.24, 2.45) is 17.8 Å². The molecule has 1 aromatic rings. The summed E-state index contributed by atoms with van der Waals surface area (Å²) in [5.41, 5.74) is 8.40. The van der Waals surface area contributed by atoms with Gasteiger partial charge >= 0.3 is 0 Å². The van der Waals surface area contributed by atoms with Crippen molar-refractivity contribution >= 4 is 12.0 Å². The number of nitrogens with two attached hydrogens (primary N) is 1. The molecule has 0 saturated heterocycles. The zero-order chi connectivity index (χ0) is 13.0. The third-order valence-corrected chi connectivity index (χ3v) is 5.60. The first-order valence-corrected chi connectivity index (χ1v) is 7.44. The van der Waals surface area contributed by atoms with Crippen LogP contribution in [0.15, 0.2) is 12.8 Å². The zero-order valence-electron chi connectivity index (χ0n) is 11.3. The molecular formula is C16H21N3. The highest BCUT2D eigenvalue weighted by molar-refractivity contribution is 5.52. The van der Waals surface area contributed by atoms with Gasteiger partial charge in [-0.05, 0) is 56.3 Å². The van der Waals surface area contributed by atoms with Gasteiger partial charge in [-0.2, -0.15) is 0 Å². The lowest BCUT2D eigenvalue weighted by molar-refractivity contribution is -0.00728. The van der Waals surface area contributed by atoms with Crippen LogP contribution in [0.2, 0.25) is 0 Å². The molecule has 0 radical (unpaired) electrons. The van der Waals surface area contributed by atoms with E-state index in [0.29, 0.717) is 5.95 Å². The summed E-state index contributed by atoms with van der Waals surface area (Å²) < 4.78 is 0. The van der Waals surface area contributed by atoms with Crippen molar-refractivity contribution in [1.82, 2.24) is 9.97 Å². The molecule has 100 valence electrons. The largest absolute Gasteiger partial charge is 0.368 e. The third-order valence-electron chi connectivity index (χ3n) is 5.60. The van der Waals surface area contributed by atoms with Gasteiger partial charge in [-0.1, -0.05) is 12.7 Å². The summed E-state index contributed by atoms with van der Waals surface area (Å²) in [6.07, 6.45) is 12.0. The van der Waals surface area contributed by atoms with Crippen molar-refractivity contribution in [3.05, 3.63) is 24.0 Å². The molecule has 0 amide bonds. The molecule has 5 rings (SSSR count). The summed E-state index contributed by atoms with van der Waals surface area (Å²) in [5, 5.41) is 0. The summed E-state index contributed by atoms with van der Waals surface area (Å²) >= 11 is 0. The zero-order valence-corrected chi connectivity index (χ0v) is 11.3. The molecule has 3 nitrogen and oxygen atoms in total. The van der Waals surface area contributed by atoms with Gasteiger partial charge < -0.3 is 5.73 Å². The van der Waals surface area contributed by atoms with Gasteiger partial charge in [0.1, 0.15) is 0 Å². The maximum absolute atomic E-state index is 5.84. The summed E-state index contributed by atoms with van der Waals surface area (Å²) in [4.78, 5) is 8.76. The van der Waals surface area contributed by atoms with Gasteiger partial charge in [0.05, 0.1) is 5.69 Å². The Kier molecular flexibility index (Phi) is 2.30. The van der Waals surface area contributed by atoms with Gasteiger partial charge in [-0.25, -0.2) is 9.97 Å². The van der Waals surface area contributed by atoms with Crippen molar-refractivity contribution < 1.29 is 0 Å². The Morgan fingerprint density at radius 3 is 2.26 bits per heavy atom. The highest BCUT2D eigenvalue weighted by Crippen LogP contribution is 2.60. The van der Waals surface area contributed by atoms with E-state index >= 15 is 0 Å². The number of hydrogen-bond acceptors (Lipinski definition) is 3. The SMILES string of the molecule is C=Cc1cnc(N)nc1C12CC3CC(CC(C3)C1)C2. The van der Waals surface area contributed by atoms with Crippen LogP contribution in [0.5, 0.6) is 0 Å². The molecule has 0 aliphatic heterocycles. The molecule has 0 aromatic carbocycles. The standard InChI is InChI=1S/C16H21N3/c1-2-13-9-18-15(17)19-14(13)16-6-10-3-11(7-16)5-12(4-10)8-16/h2,9-12H,1,3-8H2,(H2,17,18,19). The second-order valence-electron chi connectivity index (χ2n) is 6.93. The van der Waals surface area contributed by atoms with E-state index in [1.807, 2.05) is 12.3 Å². The maximum atomic E-state index is 5.84. The van der Waals surface area contributed by atoms with Crippen molar-refractivity contribution in [1.29, 1.82) is 0 Å². The minimum atomic E-state index is 0.273. The van der Waals surface area contributed by atoms with Gasteiger partial charge in [0, 0.05) is 17.2 Å². The van der Waals surface area contributed by atoms with Crippen LogP contribution >= 0.6 is 0 Å². The smallest absolute Gasteiger partial charge is 0.220 e. The van der Waals surface area contributed by atoms with E-state index in [9.17, 15) is 0 Å². The molecule has 4 aliphatic carbocycles. The quantitative estimate of drug-likeness (QED) is 0.883. The first kappa shape index (κ1) is 11.4. The maximum Gasteiger partial charge on any atom is 0.220 e. The van der Waals surface area contributed by atoms with E-state index < -0.39 is 0 Å². The molecule has 19 heavy (non-hydrogen) atoms. The fourth-order valence-corrected chi connectivity index (χ4v) is 5.38. The molecule has 0 spiro atoms. The van der Waals surface area contributed by atoms with Gasteiger partial charge in [0.25, 0.3) is 0 Å². The Bertz CT molecular complexity index is 500. The molecule has 0 unspecified atom stereocenters. The second-order valence-corrected chi connectivity index (χ2v) is 6.93. The van der Waals surface area contributed by atoms with Crippen molar-refractivity contribution in [2.45, 2.75) is 43.9 Å². The number of aromatic nitrogens is 2. The normalized spacial score (nSPS) is 39.5. The lowest BCUT2D eigenvalue weighted by Gasteiger charge is -2.56. The number of nitrogens with zero attached hydrogens (tertiary/aromatic N) is 2. The molecule has 0 atom stereocenters. The summed E-state index contributed by atoms with van der Waals surface area (Å²) in [6.45, 7) is 3.93. The first-order chi connectivity index (χ1) is 9.18. The summed E-state index contributed by atoms with van der Waals surface area (Å²) in [5.74, 6) is 3.16. The monoisotopic (exact) mass is 255 g/mol. The minimum Gasteiger partial charge on any atom is -0.368 e. The van der Waals surface area contributed by atoms with E-state index in [-0.39, 0.29) is 5.41 Å². The fourth-order valence-electron chi connectivity index (χ4n) is 5.38. The predicted octanol–water partition coefficient (Wildman–Crippen LogP) is 3.17. The number of nitrogen functional groups attached to an aromatic ring is 1. The van der Waals surface area contributed by atoms with Crippen LogP contribution in [0.25, 0.3) is 6.08 Å². The average Bonchev–Trinajstić information content (AvgIpc) is 2.37. The Balaban J connectivity index is 1.83. The third kappa shape index (κ3) is 1.63. The summed E-state index contributed by atoms with van der Waals surface area (Å²) in [7, 11) is 0. The highest BCUT2D eigenvalue weighted by Gasteiger charge is 2.52. The molecule has 4 fully saturated rings. The first-order valence-electron chi connectivity index (χ1n) is 7.44. The molecular weight excluding hydrogens is 234 g/mol. The van der Waals surface area contributed by atoms with Crippen molar-refractivity contribution in [3.8, 4) is 0 Å². The average molecular weight is 255 g/mol.